The number of hydrogen-bond donors (Lipinski definition) is 2. The van der Waals surface area contributed by atoms with E-state index in [1.807, 2.05) is 6.07 Å². The lowest BCUT2D eigenvalue weighted by Gasteiger charge is -2.33. The molecule has 0 aliphatic carbocycles. The minimum Gasteiger partial charge on any atom is -0.352 e. The number of halogens is 1. The maximum absolute atomic E-state index is 13.8. The number of benzene rings is 1. The summed E-state index contributed by atoms with van der Waals surface area (Å²) in [5, 5.41) is 2.99. The summed E-state index contributed by atoms with van der Waals surface area (Å²) < 4.78 is 15.1. The Labute approximate surface area is 155 Å². The molecule has 1 atom stereocenters. The van der Waals surface area contributed by atoms with Gasteiger partial charge in [-0.3, -0.25) is 19.5 Å². The zero-order chi connectivity index (χ0) is 19.2. The lowest BCUT2D eigenvalue weighted by atomic mass is 10.0. The standard InChI is InChI=1S/C19H23FN4O3/c20-16-6-2-1-4-14(16)12-23-9-3-5-15(13-23)21-17(25)7-10-24-11-8-18(26)22-19(24)27/h1-2,4,6,8,11,15H,3,5,7,9-10,12-13H2,(H,21,25)(H,22,26,27). The van der Waals surface area contributed by atoms with Gasteiger partial charge in [0.15, 0.2) is 0 Å². The van der Waals surface area contributed by atoms with Crippen LogP contribution in [0.5, 0.6) is 0 Å². The number of nitrogens with one attached hydrogen (secondary N) is 2. The number of H-pyrrole nitrogens is 1. The number of aromatic amines is 1. The Bertz CT molecular complexity index is 908. The Hall–Kier alpha value is -2.74. The topological polar surface area (TPSA) is 87.2 Å². The average Bonchev–Trinajstić information content (AvgIpc) is 2.63. The third-order valence-electron chi connectivity index (χ3n) is 4.70. The number of amides is 1. The van der Waals surface area contributed by atoms with Crippen LogP contribution in [0.4, 0.5) is 4.39 Å². The Kier molecular flexibility index (Phi) is 6.18. The highest BCUT2D eigenvalue weighted by molar-refractivity contribution is 5.76. The Morgan fingerprint density at radius 3 is 2.85 bits per heavy atom. The van der Waals surface area contributed by atoms with Gasteiger partial charge in [-0.25, -0.2) is 9.18 Å². The predicted molar refractivity (Wildman–Crippen MR) is 98.8 cm³/mol. The van der Waals surface area contributed by atoms with E-state index in [1.54, 1.807) is 12.1 Å². The minimum absolute atomic E-state index is 0.00493. The summed E-state index contributed by atoms with van der Waals surface area (Å²) in [6, 6.07) is 7.98. The maximum Gasteiger partial charge on any atom is 0.328 e. The van der Waals surface area contributed by atoms with Crippen molar-refractivity contribution in [1.29, 1.82) is 0 Å². The molecule has 2 aromatic rings. The van der Waals surface area contributed by atoms with Crippen molar-refractivity contribution in [3.63, 3.8) is 0 Å². The summed E-state index contributed by atoms with van der Waals surface area (Å²) in [5.41, 5.74) is -0.330. The Balaban J connectivity index is 1.49. The third kappa shape index (κ3) is 5.37. The quantitative estimate of drug-likeness (QED) is 0.785. The molecule has 1 aliphatic rings. The fourth-order valence-corrected chi connectivity index (χ4v) is 3.33. The molecule has 1 aromatic heterocycles. The number of rotatable bonds is 6. The van der Waals surface area contributed by atoms with E-state index >= 15 is 0 Å². The molecule has 2 N–H and O–H groups in total. The highest BCUT2D eigenvalue weighted by Gasteiger charge is 2.22. The van der Waals surface area contributed by atoms with Crippen molar-refractivity contribution in [2.75, 3.05) is 13.1 Å². The number of carbonyl (C=O) groups is 1. The van der Waals surface area contributed by atoms with Gasteiger partial charge in [0.1, 0.15) is 5.82 Å². The second-order valence-electron chi connectivity index (χ2n) is 6.79. The van der Waals surface area contributed by atoms with Gasteiger partial charge < -0.3 is 9.88 Å². The number of aryl methyl sites for hydroxylation is 1. The van der Waals surface area contributed by atoms with Crippen LogP contribution < -0.4 is 16.6 Å². The molecule has 0 bridgehead atoms. The molecule has 0 radical (unpaired) electrons. The van der Waals surface area contributed by atoms with Crippen molar-refractivity contribution in [2.45, 2.75) is 38.4 Å². The van der Waals surface area contributed by atoms with Crippen molar-refractivity contribution < 1.29 is 9.18 Å². The van der Waals surface area contributed by atoms with Gasteiger partial charge in [-0.05, 0) is 25.5 Å². The molecule has 1 aromatic carbocycles. The largest absolute Gasteiger partial charge is 0.352 e. The second kappa shape index (κ2) is 8.77. The van der Waals surface area contributed by atoms with Gasteiger partial charge in [-0.2, -0.15) is 0 Å². The summed E-state index contributed by atoms with van der Waals surface area (Å²) in [7, 11) is 0. The van der Waals surface area contributed by atoms with Crippen LogP contribution in [-0.2, 0) is 17.9 Å². The fourth-order valence-electron chi connectivity index (χ4n) is 3.33. The van der Waals surface area contributed by atoms with Gasteiger partial charge in [0, 0.05) is 49.9 Å². The number of carbonyl (C=O) groups excluding carboxylic acids is 1. The number of hydrogen-bond acceptors (Lipinski definition) is 4. The van der Waals surface area contributed by atoms with Gasteiger partial charge in [-0.1, -0.05) is 18.2 Å². The van der Waals surface area contributed by atoms with Crippen LogP contribution in [0.25, 0.3) is 0 Å². The van der Waals surface area contributed by atoms with E-state index in [2.05, 4.69) is 15.2 Å². The van der Waals surface area contributed by atoms with Gasteiger partial charge in [-0.15, -0.1) is 0 Å². The number of nitrogens with zero attached hydrogens (tertiary/aromatic N) is 2. The lowest BCUT2D eigenvalue weighted by Crippen LogP contribution is -2.47. The SMILES string of the molecule is O=C(CCn1ccc(=O)[nH]c1=O)NC1CCCN(Cc2ccccc2F)C1. The monoisotopic (exact) mass is 374 g/mol. The molecule has 1 saturated heterocycles. The third-order valence-corrected chi connectivity index (χ3v) is 4.70. The smallest absolute Gasteiger partial charge is 0.328 e. The van der Waals surface area contributed by atoms with E-state index in [9.17, 15) is 18.8 Å². The molecule has 0 spiro atoms. The van der Waals surface area contributed by atoms with E-state index < -0.39 is 11.2 Å². The van der Waals surface area contributed by atoms with Crippen LogP contribution in [0.3, 0.4) is 0 Å². The summed E-state index contributed by atoms with van der Waals surface area (Å²) in [6.45, 7) is 2.26. The summed E-state index contributed by atoms with van der Waals surface area (Å²) in [6.07, 6.45) is 3.33. The van der Waals surface area contributed by atoms with Crippen molar-refractivity contribution in [3.05, 3.63) is 68.7 Å². The van der Waals surface area contributed by atoms with Crippen LogP contribution in [0.1, 0.15) is 24.8 Å². The highest BCUT2D eigenvalue weighted by Crippen LogP contribution is 2.15. The van der Waals surface area contributed by atoms with Crippen LogP contribution in [0.2, 0.25) is 0 Å². The molecule has 8 heteroatoms. The zero-order valence-corrected chi connectivity index (χ0v) is 15.0. The molecule has 1 unspecified atom stereocenters. The van der Waals surface area contributed by atoms with Gasteiger partial charge in [0.05, 0.1) is 0 Å². The van der Waals surface area contributed by atoms with E-state index in [1.165, 1.54) is 22.9 Å². The van der Waals surface area contributed by atoms with E-state index in [-0.39, 0.29) is 30.7 Å². The van der Waals surface area contributed by atoms with Crippen LogP contribution in [0.15, 0.2) is 46.1 Å². The van der Waals surface area contributed by atoms with Crippen LogP contribution >= 0.6 is 0 Å². The first kappa shape index (κ1) is 19.0. The second-order valence-corrected chi connectivity index (χ2v) is 6.79. The number of likely N-dealkylation sites (tertiary alicyclic amines) is 1. The van der Waals surface area contributed by atoms with Crippen molar-refractivity contribution in [1.82, 2.24) is 19.8 Å². The van der Waals surface area contributed by atoms with Crippen molar-refractivity contribution >= 4 is 5.91 Å². The molecular formula is C19H23FN4O3. The molecule has 7 nitrogen and oxygen atoms in total. The number of aromatic nitrogens is 2. The Morgan fingerprint density at radius 2 is 2.07 bits per heavy atom. The predicted octanol–water partition coefficient (Wildman–Crippen LogP) is 0.847. The van der Waals surface area contributed by atoms with Crippen LogP contribution in [0, 0.1) is 5.82 Å². The fraction of sp³-hybridized carbons (Fsp3) is 0.421. The molecule has 2 heterocycles. The molecular weight excluding hydrogens is 351 g/mol. The highest BCUT2D eigenvalue weighted by atomic mass is 19.1. The summed E-state index contributed by atoms with van der Waals surface area (Å²) in [5.74, 6) is -0.360. The van der Waals surface area contributed by atoms with Crippen molar-refractivity contribution in [2.24, 2.45) is 0 Å². The molecule has 1 fully saturated rings. The van der Waals surface area contributed by atoms with E-state index in [4.69, 9.17) is 0 Å². The molecule has 1 aliphatic heterocycles. The van der Waals surface area contributed by atoms with Crippen molar-refractivity contribution in [3.8, 4) is 0 Å². The molecule has 144 valence electrons. The molecule has 3 rings (SSSR count). The van der Waals surface area contributed by atoms with Gasteiger partial charge in [0.25, 0.3) is 5.56 Å². The molecule has 0 saturated carbocycles. The minimum atomic E-state index is -0.524. The first-order valence-electron chi connectivity index (χ1n) is 9.06. The van der Waals surface area contributed by atoms with Gasteiger partial charge in [0.2, 0.25) is 5.91 Å². The van der Waals surface area contributed by atoms with Crippen LogP contribution in [-0.4, -0.2) is 39.5 Å². The zero-order valence-electron chi connectivity index (χ0n) is 15.0. The maximum atomic E-state index is 13.8. The molecule has 27 heavy (non-hydrogen) atoms. The van der Waals surface area contributed by atoms with E-state index in [0.717, 1.165) is 19.4 Å². The normalized spacial score (nSPS) is 17.6. The first-order chi connectivity index (χ1) is 13.0. The van der Waals surface area contributed by atoms with E-state index in [0.29, 0.717) is 18.7 Å². The lowest BCUT2D eigenvalue weighted by molar-refractivity contribution is -0.122. The first-order valence-corrected chi connectivity index (χ1v) is 9.06. The number of piperidine rings is 1. The summed E-state index contributed by atoms with van der Waals surface area (Å²) in [4.78, 5) is 39.2. The average molecular weight is 374 g/mol. The Morgan fingerprint density at radius 1 is 1.26 bits per heavy atom. The summed E-state index contributed by atoms with van der Waals surface area (Å²) >= 11 is 0. The van der Waals surface area contributed by atoms with Gasteiger partial charge >= 0.3 is 5.69 Å². The molecule has 1 amide bonds.